The van der Waals surface area contributed by atoms with Crippen molar-refractivity contribution in [2.75, 3.05) is 25.6 Å². The summed E-state index contributed by atoms with van der Waals surface area (Å²) < 4.78 is 6.59. The molecule has 0 saturated heterocycles. The van der Waals surface area contributed by atoms with Crippen LogP contribution in [-0.4, -0.2) is 42.1 Å². The Morgan fingerprint density at radius 3 is 2.79 bits per heavy atom. The first-order valence-electron chi connectivity index (χ1n) is 8.88. The molecule has 0 unspecified atom stereocenters. The Morgan fingerprint density at radius 1 is 1.24 bits per heavy atom. The number of aromatic nitrogens is 2. The average Bonchev–Trinajstić information content (AvgIpc) is 2.75. The minimum Gasteiger partial charge on any atom is -0.482 e. The van der Waals surface area contributed by atoms with Gasteiger partial charge in [0.15, 0.2) is 6.61 Å². The van der Waals surface area contributed by atoms with Crippen LogP contribution in [0.4, 0.5) is 5.69 Å². The van der Waals surface area contributed by atoms with Gasteiger partial charge in [-0.15, -0.1) is 0 Å². The Labute approximate surface area is 166 Å². The molecule has 0 saturated carbocycles. The first kappa shape index (κ1) is 18.4. The van der Waals surface area contributed by atoms with Crippen molar-refractivity contribution >= 4 is 34.1 Å². The predicted molar refractivity (Wildman–Crippen MR) is 110 cm³/mol. The molecule has 2 amide bonds. The van der Waals surface area contributed by atoms with Gasteiger partial charge in [0.1, 0.15) is 17.8 Å². The standard InChI is InChI=1S/C21H18N4O4/c1-12(20(27)22-2)25-11-23-19-14(5-4-6-15(19)21(25)28)13-7-8-17-16(9-13)24(3)18(26)10-29-17/h4-9,11H,1,10H2,2-3H3,(H,22,27). The number of rotatable bonds is 3. The van der Waals surface area contributed by atoms with Gasteiger partial charge in [0.2, 0.25) is 0 Å². The minimum atomic E-state index is -0.466. The second-order valence-electron chi connectivity index (χ2n) is 6.57. The number of nitrogens with one attached hydrogen (secondary N) is 1. The largest absolute Gasteiger partial charge is 0.482 e. The molecule has 0 fully saturated rings. The summed E-state index contributed by atoms with van der Waals surface area (Å²) >= 11 is 0. The van der Waals surface area contributed by atoms with Crippen LogP contribution in [0.1, 0.15) is 0 Å². The van der Waals surface area contributed by atoms with Gasteiger partial charge in [0.25, 0.3) is 17.4 Å². The monoisotopic (exact) mass is 390 g/mol. The third-order valence-electron chi connectivity index (χ3n) is 4.92. The minimum absolute atomic E-state index is 0.00738. The number of carbonyl (C=O) groups is 2. The second-order valence-corrected chi connectivity index (χ2v) is 6.57. The molecular weight excluding hydrogens is 372 g/mol. The Balaban J connectivity index is 1.87. The summed E-state index contributed by atoms with van der Waals surface area (Å²) in [4.78, 5) is 42.7. The molecule has 0 atom stereocenters. The van der Waals surface area contributed by atoms with Gasteiger partial charge in [-0.1, -0.05) is 24.8 Å². The number of carbonyl (C=O) groups excluding carboxylic acids is 2. The summed E-state index contributed by atoms with van der Waals surface area (Å²) in [6.07, 6.45) is 1.29. The maximum atomic E-state index is 12.9. The number of fused-ring (bicyclic) bond motifs is 2. The molecule has 1 aliphatic heterocycles. The molecule has 29 heavy (non-hydrogen) atoms. The highest BCUT2D eigenvalue weighted by molar-refractivity contribution is 6.12. The van der Waals surface area contributed by atoms with Crippen LogP contribution < -0.4 is 20.5 Å². The lowest BCUT2D eigenvalue weighted by atomic mass is 10.0. The van der Waals surface area contributed by atoms with Crippen LogP contribution in [0.3, 0.4) is 0 Å². The average molecular weight is 390 g/mol. The second kappa shape index (κ2) is 6.90. The van der Waals surface area contributed by atoms with Gasteiger partial charge in [-0.3, -0.25) is 19.0 Å². The summed E-state index contributed by atoms with van der Waals surface area (Å²) in [5, 5.41) is 2.80. The lowest BCUT2D eigenvalue weighted by Gasteiger charge is -2.26. The van der Waals surface area contributed by atoms with E-state index < -0.39 is 5.91 Å². The first-order valence-corrected chi connectivity index (χ1v) is 8.88. The van der Waals surface area contributed by atoms with Crippen LogP contribution in [0.15, 0.2) is 54.1 Å². The van der Waals surface area contributed by atoms with E-state index in [2.05, 4.69) is 16.9 Å². The number of likely N-dealkylation sites (N-methyl/N-ethyl adjacent to an activating group) is 2. The molecule has 1 aliphatic rings. The van der Waals surface area contributed by atoms with Gasteiger partial charge >= 0.3 is 0 Å². The quantitative estimate of drug-likeness (QED) is 0.686. The maximum Gasteiger partial charge on any atom is 0.267 e. The summed E-state index contributed by atoms with van der Waals surface area (Å²) in [7, 11) is 3.16. The summed E-state index contributed by atoms with van der Waals surface area (Å²) in [5.41, 5.74) is 2.25. The van der Waals surface area contributed by atoms with Crippen molar-refractivity contribution in [2.24, 2.45) is 0 Å². The molecule has 8 heteroatoms. The van der Waals surface area contributed by atoms with Gasteiger partial charge in [-0.2, -0.15) is 0 Å². The Hall–Kier alpha value is -3.94. The number of hydrogen-bond acceptors (Lipinski definition) is 5. The Kier molecular flexibility index (Phi) is 4.38. The molecule has 0 radical (unpaired) electrons. The molecule has 2 aromatic carbocycles. The highest BCUT2D eigenvalue weighted by Crippen LogP contribution is 2.36. The fourth-order valence-corrected chi connectivity index (χ4v) is 3.27. The van der Waals surface area contributed by atoms with Crippen molar-refractivity contribution in [3.05, 3.63) is 59.7 Å². The van der Waals surface area contributed by atoms with Gasteiger partial charge in [-0.05, 0) is 23.8 Å². The van der Waals surface area contributed by atoms with Crippen molar-refractivity contribution in [3.63, 3.8) is 0 Å². The maximum absolute atomic E-state index is 12.9. The van der Waals surface area contributed by atoms with E-state index in [4.69, 9.17) is 4.74 Å². The van der Waals surface area contributed by atoms with E-state index in [1.165, 1.54) is 13.4 Å². The zero-order chi connectivity index (χ0) is 20.7. The van der Waals surface area contributed by atoms with Crippen molar-refractivity contribution in [1.82, 2.24) is 14.9 Å². The lowest BCUT2D eigenvalue weighted by Crippen LogP contribution is -2.35. The van der Waals surface area contributed by atoms with E-state index in [9.17, 15) is 14.4 Å². The zero-order valence-corrected chi connectivity index (χ0v) is 15.9. The SMILES string of the molecule is C=C(C(=O)NC)n1cnc2c(-c3ccc4c(c3)N(C)C(=O)CO4)cccc2c1=O. The highest BCUT2D eigenvalue weighted by Gasteiger charge is 2.23. The lowest BCUT2D eigenvalue weighted by molar-refractivity contribution is -0.121. The van der Waals surface area contributed by atoms with Crippen LogP contribution in [0.5, 0.6) is 5.75 Å². The summed E-state index contributed by atoms with van der Waals surface area (Å²) in [6, 6.07) is 10.7. The molecule has 0 aliphatic carbocycles. The fourth-order valence-electron chi connectivity index (χ4n) is 3.27. The number of anilines is 1. The van der Waals surface area contributed by atoms with Crippen LogP contribution in [0, 0.1) is 0 Å². The van der Waals surface area contributed by atoms with Crippen LogP contribution >= 0.6 is 0 Å². The van der Waals surface area contributed by atoms with Crippen molar-refractivity contribution < 1.29 is 14.3 Å². The van der Waals surface area contributed by atoms with Gasteiger partial charge in [0, 0.05) is 19.7 Å². The van der Waals surface area contributed by atoms with Gasteiger partial charge in [-0.25, -0.2) is 4.98 Å². The summed E-state index contributed by atoms with van der Waals surface area (Å²) in [5.74, 6) is 0.0152. The van der Waals surface area contributed by atoms with Crippen molar-refractivity contribution in [3.8, 4) is 16.9 Å². The molecule has 0 spiro atoms. The molecule has 0 bridgehead atoms. The Bertz CT molecular complexity index is 1250. The van der Waals surface area contributed by atoms with E-state index in [1.807, 2.05) is 18.2 Å². The van der Waals surface area contributed by atoms with Crippen molar-refractivity contribution in [2.45, 2.75) is 0 Å². The molecular formula is C21H18N4O4. The summed E-state index contributed by atoms with van der Waals surface area (Å²) in [6.45, 7) is 3.67. The molecule has 8 nitrogen and oxygen atoms in total. The normalized spacial score (nSPS) is 13.0. The van der Waals surface area contributed by atoms with Gasteiger partial charge < -0.3 is 15.0 Å². The van der Waals surface area contributed by atoms with Crippen LogP contribution in [-0.2, 0) is 9.59 Å². The van der Waals surface area contributed by atoms with E-state index in [0.29, 0.717) is 22.3 Å². The zero-order valence-electron chi connectivity index (χ0n) is 15.9. The number of amides is 2. The molecule has 1 aromatic heterocycles. The van der Waals surface area contributed by atoms with E-state index in [1.54, 1.807) is 30.1 Å². The van der Waals surface area contributed by atoms with E-state index >= 15 is 0 Å². The number of para-hydroxylation sites is 1. The van der Waals surface area contributed by atoms with E-state index in [-0.39, 0.29) is 23.8 Å². The predicted octanol–water partition coefficient (Wildman–Crippen LogP) is 1.64. The smallest absolute Gasteiger partial charge is 0.267 e. The number of benzene rings is 2. The van der Waals surface area contributed by atoms with Crippen LogP contribution in [0.2, 0.25) is 0 Å². The topological polar surface area (TPSA) is 93.5 Å². The molecule has 1 N–H and O–H groups in total. The third-order valence-corrected chi connectivity index (χ3v) is 4.92. The number of hydrogen-bond donors (Lipinski definition) is 1. The number of ether oxygens (including phenoxy) is 1. The first-order chi connectivity index (χ1) is 13.9. The fraction of sp³-hybridized carbons (Fsp3) is 0.143. The van der Waals surface area contributed by atoms with Gasteiger partial charge in [0.05, 0.1) is 16.6 Å². The third kappa shape index (κ3) is 2.94. The highest BCUT2D eigenvalue weighted by atomic mass is 16.5. The molecule has 4 rings (SSSR count). The molecule has 146 valence electrons. The van der Waals surface area contributed by atoms with Crippen molar-refractivity contribution in [1.29, 1.82) is 0 Å². The molecule has 2 heterocycles. The molecule has 3 aromatic rings. The number of nitrogens with zero attached hydrogens (tertiary/aromatic N) is 3. The van der Waals surface area contributed by atoms with E-state index in [0.717, 1.165) is 15.7 Å². The van der Waals surface area contributed by atoms with Crippen LogP contribution in [0.25, 0.3) is 27.7 Å². The Morgan fingerprint density at radius 2 is 2.03 bits per heavy atom.